The van der Waals surface area contributed by atoms with E-state index in [0.717, 1.165) is 18.8 Å². The summed E-state index contributed by atoms with van der Waals surface area (Å²) in [5.41, 5.74) is 0.616. The lowest BCUT2D eigenvalue weighted by molar-refractivity contribution is 0.215. The van der Waals surface area contributed by atoms with Crippen LogP contribution in [-0.4, -0.2) is 19.2 Å². The molecule has 0 heterocycles. The molecule has 0 saturated heterocycles. The van der Waals surface area contributed by atoms with Crippen LogP contribution in [0.5, 0.6) is 5.75 Å². The first-order valence-electron chi connectivity index (χ1n) is 6.12. The number of hydrogen-bond donors (Lipinski definition) is 1. The van der Waals surface area contributed by atoms with E-state index in [4.69, 9.17) is 4.74 Å². The van der Waals surface area contributed by atoms with E-state index in [1.54, 1.807) is 19.1 Å². The minimum absolute atomic E-state index is 0.0820. The number of rotatable bonds is 6. The average molecular weight is 239 g/mol. The molecule has 0 bridgehead atoms. The minimum Gasteiger partial charge on any atom is -0.489 e. The van der Waals surface area contributed by atoms with Crippen molar-refractivity contribution >= 4 is 0 Å². The van der Waals surface area contributed by atoms with Gasteiger partial charge in [0.2, 0.25) is 0 Å². The van der Waals surface area contributed by atoms with Crippen molar-refractivity contribution in [1.82, 2.24) is 5.32 Å². The highest BCUT2D eigenvalue weighted by Gasteiger charge is 2.05. The van der Waals surface area contributed by atoms with Gasteiger partial charge in [0.1, 0.15) is 17.7 Å². The fourth-order valence-corrected chi connectivity index (χ4v) is 1.54. The smallest absolute Gasteiger partial charge is 0.126 e. The third-order valence-corrected chi connectivity index (χ3v) is 2.45. The Kier molecular flexibility index (Phi) is 5.42. The van der Waals surface area contributed by atoms with Gasteiger partial charge in [0.15, 0.2) is 0 Å². The van der Waals surface area contributed by atoms with E-state index in [-0.39, 0.29) is 11.9 Å². The maximum atomic E-state index is 13.1. The van der Waals surface area contributed by atoms with E-state index in [1.165, 1.54) is 6.07 Å². The van der Waals surface area contributed by atoms with Crippen LogP contribution in [-0.2, 0) is 0 Å². The molecular formula is C14H22FNO. The molecule has 1 aromatic rings. The van der Waals surface area contributed by atoms with Gasteiger partial charge in [-0.2, -0.15) is 0 Å². The van der Waals surface area contributed by atoms with Crippen LogP contribution in [0.2, 0.25) is 0 Å². The summed E-state index contributed by atoms with van der Waals surface area (Å²) in [7, 11) is 0. The van der Waals surface area contributed by atoms with E-state index in [1.807, 2.05) is 6.92 Å². The van der Waals surface area contributed by atoms with E-state index in [2.05, 4.69) is 19.2 Å². The normalized spacial score (nSPS) is 12.8. The van der Waals surface area contributed by atoms with Crippen molar-refractivity contribution in [2.45, 2.75) is 33.8 Å². The van der Waals surface area contributed by atoms with Crippen molar-refractivity contribution in [3.63, 3.8) is 0 Å². The van der Waals surface area contributed by atoms with Crippen molar-refractivity contribution in [2.24, 2.45) is 5.92 Å². The molecule has 0 radical (unpaired) electrons. The Labute approximate surface area is 103 Å². The van der Waals surface area contributed by atoms with Gasteiger partial charge >= 0.3 is 0 Å². The van der Waals surface area contributed by atoms with Gasteiger partial charge < -0.3 is 10.1 Å². The van der Waals surface area contributed by atoms with Crippen LogP contribution in [0.15, 0.2) is 18.2 Å². The Balaban J connectivity index is 2.39. The standard InChI is InChI=1S/C14H22FNO/c1-10(2)8-16-9-12(4)17-13-5-6-14(15)11(3)7-13/h5-7,10,12,16H,8-9H2,1-4H3. The largest absolute Gasteiger partial charge is 0.489 e. The molecule has 0 aliphatic carbocycles. The number of ether oxygens (including phenoxy) is 1. The number of nitrogens with one attached hydrogen (secondary N) is 1. The van der Waals surface area contributed by atoms with E-state index in [9.17, 15) is 4.39 Å². The molecule has 1 N–H and O–H groups in total. The summed E-state index contributed by atoms with van der Waals surface area (Å²) >= 11 is 0. The highest BCUT2D eigenvalue weighted by molar-refractivity contribution is 5.28. The summed E-state index contributed by atoms with van der Waals surface area (Å²) in [5.74, 6) is 1.17. The molecule has 0 amide bonds. The number of aryl methyl sites for hydroxylation is 1. The van der Waals surface area contributed by atoms with Crippen molar-refractivity contribution in [3.05, 3.63) is 29.6 Å². The van der Waals surface area contributed by atoms with Crippen LogP contribution in [0, 0.1) is 18.7 Å². The predicted octanol–water partition coefficient (Wildman–Crippen LogP) is 3.15. The van der Waals surface area contributed by atoms with Crippen LogP contribution in [0.1, 0.15) is 26.3 Å². The molecule has 0 aliphatic heterocycles. The molecule has 17 heavy (non-hydrogen) atoms. The quantitative estimate of drug-likeness (QED) is 0.823. The van der Waals surface area contributed by atoms with Gasteiger partial charge in [-0.05, 0) is 50.1 Å². The summed E-state index contributed by atoms with van der Waals surface area (Å²) in [5, 5.41) is 3.33. The zero-order valence-electron chi connectivity index (χ0n) is 11.1. The van der Waals surface area contributed by atoms with Gasteiger partial charge in [-0.3, -0.25) is 0 Å². The lowest BCUT2D eigenvalue weighted by Crippen LogP contribution is -2.31. The van der Waals surface area contributed by atoms with Gasteiger partial charge in [-0.25, -0.2) is 4.39 Å². The molecule has 0 fully saturated rings. The van der Waals surface area contributed by atoms with Gasteiger partial charge in [0.05, 0.1) is 0 Å². The Morgan fingerprint density at radius 2 is 1.94 bits per heavy atom. The van der Waals surface area contributed by atoms with Crippen molar-refractivity contribution in [1.29, 1.82) is 0 Å². The van der Waals surface area contributed by atoms with Crippen molar-refractivity contribution in [2.75, 3.05) is 13.1 Å². The molecule has 1 unspecified atom stereocenters. The first-order chi connectivity index (χ1) is 7.99. The molecule has 0 aliphatic rings. The molecule has 1 aromatic carbocycles. The zero-order valence-corrected chi connectivity index (χ0v) is 11.1. The summed E-state index contributed by atoms with van der Waals surface area (Å²) < 4.78 is 18.8. The molecule has 2 nitrogen and oxygen atoms in total. The Bertz CT molecular complexity index is 352. The second-order valence-corrected chi connectivity index (χ2v) is 4.89. The fraction of sp³-hybridized carbons (Fsp3) is 0.571. The second kappa shape index (κ2) is 6.60. The maximum absolute atomic E-state index is 13.1. The molecule has 1 rings (SSSR count). The first-order valence-corrected chi connectivity index (χ1v) is 6.12. The van der Waals surface area contributed by atoms with Crippen LogP contribution >= 0.6 is 0 Å². The van der Waals surface area contributed by atoms with E-state index >= 15 is 0 Å². The maximum Gasteiger partial charge on any atom is 0.126 e. The van der Waals surface area contributed by atoms with Crippen LogP contribution in [0.4, 0.5) is 4.39 Å². The number of benzene rings is 1. The van der Waals surface area contributed by atoms with Crippen molar-refractivity contribution < 1.29 is 9.13 Å². The van der Waals surface area contributed by atoms with Gasteiger partial charge in [0.25, 0.3) is 0 Å². The fourth-order valence-electron chi connectivity index (χ4n) is 1.54. The van der Waals surface area contributed by atoms with Gasteiger partial charge in [0, 0.05) is 6.54 Å². The van der Waals surface area contributed by atoms with E-state index < -0.39 is 0 Å². The van der Waals surface area contributed by atoms with Crippen LogP contribution < -0.4 is 10.1 Å². The molecule has 0 saturated carbocycles. The summed E-state index contributed by atoms with van der Waals surface area (Å²) in [6.45, 7) is 9.87. The Hall–Kier alpha value is -1.09. The highest BCUT2D eigenvalue weighted by Crippen LogP contribution is 2.17. The summed E-state index contributed by atoms with van der Waals surface area (Å²) in [6.07, 6.45) is 0.0820. The summed E-state index contributed by atoms with van der Waals surface area (Å²) in [6, 6.07) is 4.84. The highest BCUT2D eigenvalue weighted by atomic mass is 19.1. The molecule has 1 atom stereocenters. The monoisotopic (exact) mass is 239 g/mol. The Morgan fingerprint density at radius 3 is 2.53 bits per heavy atom. The molecule has 0 aromatic heterocycles. The predicted molar refractivity (Wildman–Crippen MR) is 68.9 cm³/mol. The molecule has 96 valence electrons. The first kappa shape index (κ1) is 14.0. The van der Waals surface area contributed by atoms with Gasteiger partial charge in [-0.15, -0.1) is 0 Å². The van der Waals surface area contributed by atoms with Crippen LogP contribution in [0.25, 0.3) is 0 Å². The second-order valence-electron chi connectivity index (χ2n) is 4.89. The molecule has 3 heteroatoms. The van der Waals surface area contributed by atoms with Gasteiger partial charge in [-0.1, -0.05) is 13.8 Å². The number of halogens is 1. The lowest BCUT2D eigenvalue weighted by atomic mass is 10.2. The average Bonchev–Trinajstić information content (AvgIpc) is 2.23. The topological polar surface area (TPSA) is 21.3 Å². The van der Waals surface area contributed by atoms with E-state index in [0.29, 0.717) is 11.5 Å². The molecule has 0 spiro atoms. The third-order valence-electron chi connectivity index (χ3n) is 2.45. The Morgan fingerprint density at radius 1 is 1.24 bits per heavy atom. The number of hydrogen-bond acceptors (Lipinski definition) is 2. The summed E-state index contributed by atoms with van der Waals surface area (Å²) in [4.78, 5) is 0. The lowest BCUT2D eigenvalue weighted by Gasteiger charge is -2.16. The van der Waals surface area contributed by atoms with Crippen LogP contribution in [0.3, 0.4) is 0 Å². The third kappa shape index (κ3) is 5.18. The minimum atomic E-state index is -0.192. The molecular weight excluding hydrogens is 217 g/mol. The zero-order chi connectivity index (χ0) is 12.8. The SMILES string of the molecule is Cc1cc(OC(C)CNCC(C)C)ccc1F. The van der Waals surface area contributed by atoms with Crippen molar-refractivity contribution in [3.8, 4) is 5.75 Å².